The van der Waals surface area contributed by atoms with Gasteiger partial charge in [0, 0.05) is 36.8 Å². The molecule has 1 unspecified atom stereocenters. The van der Waals surface area contributed by atoms with E-state index in [1.165, 1.54) is 6.92 Å². The van der Waals surface area contributed by atoms with Crippen LogP contribution in [0.25, 0.3) is 0 Å². The quantitative estimate of drug-likeness (QED) is 0.884. The van der Waals surface area contributed by atoms with Gasteiger partial charge in [0.2, 0.25) is 17.7 Å². The summed E-state index contributed by atoms with van der Waals surface area (Å²) in [5, 5.41) is 5.75. The van der Waals surface area contributed by atoms with E-state index >= 15 is 0 Å². The van der Waals surface area contributed by atoms with Crippen LogP contribution >= 0.6 is 0 Å². The lowest BCUT2D eigenvalue weighted by Crippen LogP contribution is -2.42. The third-order valence-corrected chi connectivity index (χ3v) is 4.31. The van der Waals surface area contributed by atoms with Gasteiger partial charge in [0.05, 0.1) is 5.92 Å². The van der Waals surface area contributed by atoms with Crippen LogP contribution in [0.15, 0.2) is 24.3 Å². The number of nitrogens with one attached hydrogen (secondary N) is 2. The Balaban J connectivity index is 2.00. The lowest BCUT2D eigenvalue weighted by Gasteiger charge is -2.31. The molecule has 2 rings (SSSR count). The first-order valence-electron chi connectivity index (χ1n) is 8.64. The van der Waals surface area contributed by atoms with E-state index in [1.54, 1.807) is 29.2 Å². The van der Waals surface area contributed by atoms with Crippen LogP contribution < -0.4 is 10.6 Å². The van der Waals surface area contributed by atoms with Crippen LogP contribution in [0, 0.1) is 11.3 Å². The molecule has 1 fully saturated rings. The fourth-order valence-corrected chi connectivity index (χ4v) is 2.71. The molecule has 1 saturated heterocycles. The molecule has 1 heterocycles. The van der Waals surface area contributed by atoms with Crippen molar-refractivity contribution in [2.24, 2.45) is 11.3 Å². The number of rotatable bonds is 3. The molecule has 136 valence electrons. The SMILES string of the molecule is CC(=O)N1CCCC(C(=O)Nc2cccc(NC(=O)C(C)(C)C)c2)C1. The average molecular weight is 345 g/mol. The van der Waals surface area contributed by atoms with Gasteiger partial charge in [-0.2, -0.15) is 0 Å². The van der Waals surface area contributed by atoms with E-state index in [4.69, 9.17) is 0 Å². The maximum Gasteiger partial charge on any atom is 0.229 e. The van der Waals surface area contributed by atoms with Crippen LogP contribution in [0.1, 0.15) is 40.5 Å². The highest BCUT2D eigenvalue weighted by atomic mass is 16.2. The van der Waals surface area contributed by atoms with Crippen LogP contribution in [0.3, 0.4) is 0 Å². The molecule has 1 aromatic carbocycles. The number of hydrogen-bond donors (Lipinski definition) is 2. The normalized spacial score (nSPS) is 17.8. The standard InChI is InChI=1S/C19H27N3O3/c1-13(23)22-10-6-7-14(12-22)17(24)20-15-8-5-9-16(11-15)21-18(25)19(2,3)4/h5,8-9,11,14H,6-7,10,12H2,1-4H3,(H,20,24)(H,21,25). The van der Waals surface area contributed by atoms with Crippen molar-refractivity contribution in [3.05, 3.63) is 24.3 Å². The summed E-state index contributed by atoms with van der Waals surface area (Å²) in [5.74, 6) is -0.375. The largest absolute Gasteiger partial charge is 0.342 e. The summed E-state index contributed by atoms with van der Waals surface area (Å²) in [5.41, 5.74) is 0.792. The van der Waals surface area contributed by atoms with Crippen molar-refractivity contribution < 1.29 is 14.4 Å². The summed E-state index contributed by atoms with van der Waals surface area (Å²) in [4.78, 5) is 37.8. The molecule has 2 N–H and O–H groups in total. The van der Waals surface area contributed by atoms with Crippen molar-refractivity contribution in [1.82, 2.24) is 4.90 Å². The minimum Gasteiger partial charge on any atom is -0.342 e. The Labute approximate surface area is 149 Å². The first kappa shape index (κ1) is 19.0. The monoisotopic (exact) mass is 345 g/mol. The zero-order chi connectivity index (χ0) is 18.6. The zero-order valence-corrected chi connectivity index (χ0v) is 15.4. The van der Waals surface area contributed by atoms with Crippen molar-refractivity contribution in [3.8, 4) is 0 Å². The molecule has 3 amide bonds. The van der Waals surface area contributed by atoms with E-state index in [1.807, 2.05) is 20.8 Å². The van der Waals surface area contributed by atoms with Gasteiger partial charge in [-0.3, -0.25) is 14.4 Å². The van der Waals surface area contributed by atoms with E-state index in [0.717, 1.165) is 12.8 Å². The first-order chi connectivity index (χ1) is 11.7. The fraction of sp³-hybridized carbons (Fsp3) is 0.526. The van der Waals surface area contributed by atoms with Crippen LogP contribution in [0.2, 0.25) is 0 Å². The number of nitrogens with zero attached hydrogens (tertiary/aromatic N) is 1. The molecule has 0 saturated carbocycles. The molecule has 1 aliphatic rings. The Kier molecular flexibility index (Phi) is 5.82. The predicted molar refractivity (Wildman–Crippen MR) is 98.1 cm³/mol. The van der Waals surface area contributed by atoms with Gasteiger partial charge in [-0.25, -0.2) is 0 Å². The van der Waals surface area contributed by atoms with Gasteiger partial charge in [0.15, 0.2) is 0 Å². The van der Waals surface area contributed by atoms with Crippen molar-refractivity contribution in [1.29, 1.82) is 0 Å². The highest BCUT2D eigenvalue weighted by Gasteiger charge is 2.27. The molecule has 1 aromatic rings. The molecule has 6 nitrogen and oxygen atoms in total. The van der Waals surface area contributed by atoms with E-state index in [-0.39, 0.29) is 23.6 Å². The number of carbonyl (C=O) groups is 3. The molecule has 0 bridgehead atoms. The molecular weight excluding hydrogens is 318 g/mol. The summed E-state index contributed by atoms with van der Waals surface area (Å²) in [6.45, 7) is 8.24. The number of likely N-dealkylation sites (tertiary alicyclic amines) is 1. The maximum absolute atomic E-state index is 12.5. The third kappa shape index (κ3) is 5.31. The Morgan fingerprint density at radius 2 is 1.76 bits per heavy atom. The van der Waals surface area contributed by atoms with Crippen LogP contribution in [-0.2, 0) is 14.4 Å². The molecule has 6 heteroatoms. The lowest BCUT2D eigenvalue weighted by molar-refractivity contribution is -0.132. The second kappa shape index (κ2) is 7.68. The van der Waals surface area contributed by atoms with E-state index in [0.29, 0.717) is 24.5 Å². The molecule has 25 heavy (non-hydrogen) atoms. The van der Waals surface area contributed by atoms with Gasteiger partial charge in [0.1, 0.15) is 0 Å². The molecule has 0 aliphatic carbocycles. The molecule has 0 aromatic heterocycles. The van der Waals surface area contributed by atoms with Crippen LogP contribution in [0.5, 0.6) is 0 Å². The van der Waals surface area contributed by atoms with Crippen molar-refractivity contribution in [2.45, 2.75) is 40.5 Å². The third-order valence-electron chi connectivity index (χ3n) is 4.31. The minimum atomic E-state index is -0.489. The van der Waals surface area contributed by atoms with E-state index in [2.05, 4.69) is 10.6 Å². The summed E-state index contributed by atoms with van der Waals surface area (Å²) >= 11 is 0. The van der Waals surface area contributed by atoms with Gasteiger partial charge in [-0.15, -0.1) is 0 Å². The smallest absolute Gasteiger partial charge is 0.229 e. The fourth-order valence-electron chi connectivity index (χ4n) is 2.71. The second-order valence-corrected chi connectivity index (χ2v) is 7.58. The van der Waals surface area contributed by atoms with Gasteiger partial charge >= 0.3 is 0 Å². The van der Waals surface area contributed by atoms with E-state index < -0.39 is 5.41 Å². The first-order valence-corrected chi connectivity index (χ1v) is 8.64. The Hall–Kier alpha value is -2.37. The number of amides is 3. The highest BCUT2D eigenvalue weighted by Crippen LogP contribution is 2.22. The van der Waals surface area contributed by atoms with Gasteiger partial charge in [-0.1, -0.05) is 26.8 Å². The summed E-state index contributed by atoms with van der Waals surface area (Å²) in [7, 11) is 0. The number of anilines is 2. The Morgan fingerprint density at radius 3 is 2.36 bits per heavy atom. The zero-order valence-electron chi connectivity index (χ0n) is 15.4. The molecule has 1 aliphatic heterocycles. The number of piperidine rings is 1. The minimum absolute atomic E-state index is 0.00406. The summed E-state index contributed by atoms with van der Waals surface area (Å²) in [6.07, 6.45) is 1.61. The number of hydrogen-bond acceptors (Lipinski definition) is 3. The highest BCUT2D eigenvalue weighted by molar-refractivity contribution is 5.97. The topological polar surface area (TPSA) is 78.5 Å². The second-order valence-electron chi connectivity index (χ2n) is 7.58. The van der Waals surface area contributed by atoms with Crippen molar-refractivity contribution in [2.75, 3.05) is 23.7 Å². The van der Waals surface area contributed by atoms with Crippen LogP contribution in [0.4, 0.5) is 11.4 Å². The molecular formula is C19H27N3O3. The Bertz CT molecular complexity index is 664. The molecule has 1 atom stereocenters. The molecule has 0 radical (unpaired) electrons. The van der Waals surface area contributed by atoms with Crippen molar-refractivity contribution >= 4 is 29.1 Å². The summed E-state index contributed by atoms with van der Waals surface area (Å²) in [6, 6.07) is 7.11. The van der Waals surface area contributed by atoms with Gasteiger partial charge < -0.3 is 15.5 Å². The summed E-state index contributed by atoms with van der Waals surface area (Å²) < 4.78 is 0. The maximum atomic E-state index is 12.5. The number of carbonyl (C=O) groups excluding carboxylic acids is 3. The van der Waals surface area contributed by atoms with Crippen LogP contribution in [-0.4, -0.2) is 35.7 Å². The van der Waals surface area contributed by atoms with Gasteiger partial charge in [-0.05, 0) is 31.0 Å². The Morgan fingerprint density at radius 1 is 1.12 bits per heavy atom. The molecule has 0 spiro atoms. The average Bonchev–Trinajstić information content (AvgIpc) is 2.54. The van der Waals surface area contributed by atoms with E-state index in [9.17, 15) is 14.4 Å². The lowest BCUT2D eigenvalue weighted by atomic mass is 9.95. The number of benzene rings is 1. The van der Waals surface area contributed by atoms with Crippen molar-refractivity contribution in [3.63, 3.8) is 0 Å². The van der Waals surface area contributed by atoms with Gasteiger partial charge in [0.25, 0.3) is 0 Å². The predicted octanol–water partition coefficient (Wildman–Crippen LogP) is 2.87.